The van der Waals surface area contributed by atoms with Crippen molar-refractivity contribution in [2.45, 2.75) is 38.5 Å². The van der Waals surface area contributed by atoms with E-state index in [-0.39, 0.29) is 36.2 Å². The third-order valence-corrected chi connectivity index (χ3v) is 6.10. The van der Waals surface area contributed by atoms with Gasteiger partial charge in [0.25, 0.3) is 5.69 Å². The molecule has 2 aliphatic rings. The number of carbonyl (C=O) groups excluding carboxylic acids is 2. The molecule has 2 aromatic carbocycles. The molecular weight excluding hydrogens is 427 g/mol. The second-order valence-corrected chi connectivity index (χ2v) is 8.14. The zero-order valence-corrected chi connectivity index (χ0v) is 18.3. The second kappa shape index (κ2) is 8.97. The molecule has 0 fully saturated rings. The molecule has 170 valence electrons. The van der Waals surface area contributed by atoms with Crippen LogP contribution in [0.25, 0.3) is 0 Å². The van der Waals surface area contributed by atoms with E-state index in [0.29, 0.717) is 34.5 Å². The van der Waals surface area contributed by atoms with E-state index < -0.39 is 16.8 Å². The average Bonchev–Trinajstić information content (AvgIpc) is 2.78. The molecule has 0 spiro atoms. The number of nitro benzene ring substituents is 1. The largest absolute Gasteiger partial charge is 0.463 e. The summed E-state index contributed by atoms with van der Waals surface area (Å²) in [6.07, 6.45) is 0.731. The highest BCUT2D eigenvalue weighted by atomic mass is 19.1. The van der Waals surface area contributed by atoms with E-state index in [9.17, 15) is 24.1 Å². The number of dihydropyridines is 1. The van der Waals surface area contributed by atoms with Gasteiger partial charge >= 0.3 is 5.97 Å². The number of benzene rings is 2. The predicted octanol–water partition coefficient (Wildman–Crippen LogP) is 4.66. The maximum atomic E-state index is 13.4. The molecule has 1 aliphatic carbocycles. The predicted molar refractivity (Wildman–Crippen MR) is 119 cm³/mol. The monoisotopic (exact) mass is 450 g/mol. The Balaban J connectivity index is 1.79. The Bertz CT molecular complexity index is 1180. The van der Waals surface area contributed by atoms with Crippen molar-refractivity contribution in [1.82, 2.24) is 5.32 Å². The number of ether oxygens (including phenoxy) is 1. The Kier molecular flexibility index (Phi) is 6.09. The summed E-state index contributed by atoms with van der Waals surface area (Å²) in [6.45, 7) is 3.63. The molecule has 4 rings (SSSR count). The van der Waals surface area contributed by atoms with Crippen LogP contribution < -0.4 is 5.32 Å². The molecule has 0 aromatic heterocycles. The van der Waals surface area contributed by atoms with Crippen LogP contribution in [0.5, 0.6) is 0 Å². The minimum atomic E-state index is -0.692. The average molecular weight is 450 g/mol. The Morgan fingerprint density at radius 3 is 2.36 bits per heavy atom. The van der Waals surface area contributed by atoms with E-state index in [1.54, 1.807) is 38.1 Å². The van der Waals surface area contributed by atoms with E-state index >= 15 is 0 Å². The van der Waals surface area contributed by atoms with Gasteiger partial charge in [-0.1, -0.05) is 24.3 Å². The molecule has 8 heteroatoms. The molecule has 33 heavy (non-hydrogen) atoms. The lowest BCUT2D eigenvalue weighted by molar-refractivity contribution is -0.384. The first-order valence-corrected chi connectivity index (χ1v) is 10.7. The summed E-state index contributed by atoms with van der Waals surface area (Å²) in [5.74, 6) is -1.82. The van der Waals surface area contributed by atoms with Crippen LogP contribution in [0.3, 0.4) is 0 Å². The number of Topliss-reactive ketones (excluding diaryl/α,β-unsaturated/α-hetero) is 1. The third kappa shape index (κ3) is 4.28. The second-order valence-electron chi connectivity index (χ2n) is 8.14. The third-order valence-electron chi connectivity index (χ3n) is 6.10. The zero-order valence-electron chi connectivity index (χ0n) is 18.3. The summed E-state index contributed by atoms with van der Waals surface area (Å²) in [5.41, 5.74) is 3.45. The molecule has 1 aliphatic heterocycles. The van der Waals surface area contributed by atoms with Crippen LogP contribution in [-0.2, 0) is 14.3 Å². The van der Waals surface area contributed by atoms with Gasteiger partial charge in [0.2, 0.25) is 0 Å². The number of nitro groups is 1. The maximum Gasteiger partial charge on any atom is 0.336 e. The van der Waals surface area contributed by atoms with Gasteiger partial charge in [0, 0.05) is 41.4 Å². The van der Waals surface area contributed by atoms with Gasteiger partial charge in [0.1, 0.15) is 5.82 Å². The molecule has 1 heterocycles. The molecule has 0 saturated heterocycles. The van der Waals surface area contributed by atoms with Crippen LogP contribution in [0, 0.1) is 15.9 Å². The number of hydrogen-bond donors (Lipinski definition) is 1. The van der Waals surface area contributed by atoms with Gasteiger partial charge < -0.3 is 10.1 Å². The summed E-state index contributed by atoms with van der Waals surface area (Å²) < 4.78 is 18.6. The first kappa shape index (κ1) is 22.4. The number of halogens is 1. The standard InChI is InChI=1S/C25H23FN2O5/c1-3-33-25(30)22-14(2)27-20-12-17(15-4-8-18(26)9-5-15)13-21(29)24(20)23(22)16-6-10-19(11-7-16)28(31)32/h4-11,17,23,27H,3,12-13H2,1-2H3/t17-,23-/m1/s1. The number of nitrogens with zero attached hydrogens (tertiary/aromatic N) is 1. The maximum absolute atomic E-state index is 13.4. The first-order valence-electron chi connectivity index (χ1n) is 10.7. The molecule has 0 unspecified atom stereocenters. The topological polar surface area (TPSA) is 98.5 Å². The normalized spacial score (nSPS) is 20.3. The van der Waals surface area contributed by atoms with Crippen molar-refractivity contribution in [3.63, 3.8) is 0 Å². The number of esters is 1. The molecular formula is C25H23FN2O5. The smallest absolute Gasteiger partial charge is 0.336 e. The molecule has 0 bridgehead atoms. The van der Waals surface area contributed by atoms with E-state index in [1.807, 2.05) is 0 Å². The molecule has 0 saturated carbocycles. The number of nitrogens with one attached hydrogen (secondary N) is 1. The lowest BCUT2D eigenvalue weighted by Gasteiger charge is -2.36. The van der Waals surface area contributed by atoms with Gasteiger partial charge in [-0.2, -0.15) is 0 Å². The Hall–Kier alpha value is -3.81. The van der Waals surface area contributed by atoms with Gasteiger partial charge in [0.05, 0.1) is 17.1 Å². The summed E-state index contributed by atoms with van der Waals surface area (Å²) >= 11 is 0. The molecule has 7 nitrogen and oxygen atoms in total. The summed E-state index contributed by atoms with van der Waals surface area (Å²) in [4.78, 5) is 36.9. The Labute approximate surface area is 190 Å². The van der Waals surface area contributed by atoms with Crippen LogP contribution >= 0.6 is 0 Å². The van der Waals surface area contributed by atoms with Gasteiger partial charge in [0.15, 0.2) is 5.78 Å². The van der Waals surface area contributed by atoms with Gasteiger partial charge in [-0.25, -0.2) is 9.18 Å². The quantitative estimate of drug-likeness (QED) is 0.404. The van der Waals surface area contributed by atoms with Crippen molar-refractivity contribution >= 4 is 17.4 Å². The summed E-state index contributed by atoms with van der Waals surface area (Å²) in [6, 6.07) is 12.0. The van der Waals surface area contributed by atoms with Crippen molar-refractivity contribution in [3.8, 4) is 0 Å². The van der Waals surface area contributed by atoms with E-state index in [2.05, 4.69) is 5.32 Å². The molecule has 2 aromatic rings. The van der Waals surface area contributed by atoms with Crippen molar-refractivity contribution in [2.75, 3.05) is 6.61 Å². The fourth-order valence-corrected chi connectivity index (χ4v) is 4.61. The number of rotatable bonds is 5. The molecule has 1 N–H and O–H groups in total. The highest BCUT2D eigenvalue weighted by Crippen LogP contribution is 2.45. The van der Waals surface area contributed by atoms with E-state index in [1.165, 1.54) is 24.3 Å². The van der Waals surface area contributed by atoms with Crippen LogP contribution in [0.2, 0.25) is 0 Å². The van der Waals surface area contributed by atoms with Gasteiger partial charge in [-0.15, -0.1) is 0 Å². The fourth-order valence-electron chi connectivity index (χ4n) is 4.61. The van der Waals surface area contributed by atoms with Crippen molar-refractivity contribution in [1.29, 1.82) is 0 Å². The lowest BCUT2D eigenvalue weighted by Crippen LogP contribution is -2.36. The minimum absolute atomic E-state index is 0.0772. The van der Waals surface area contributed by atoms with Crippen molar-refractivity contribution in [3.05, 3.63) is 98.1 Å². The van der Waals surface area contributed by atoms with Gasteiger partial charge in [-0.05, 0) is 49.4 Å². The van der Waals surface area contributed by atoms with Crippen LogP contribution in [0.15, 0.2) is 71.1 Å². The zero-order chi connectivity index (χ0) is 23.7. The number of non-ortho nitro benzene ring substituents is 1. The van der Waals surface area contributed by atoms with Crippen LogP contribution in [0.4, 0.5) is 10.1 Å². The van der Waals surface area contributed by atoms with E-state index in [0.717, 1.165) is 5.56 Å². The summed E-state index contributed by atoms with van der Waals surface area (Å²) in [7, 11) is 0. The lowest BCUT2D eigenvalue weighted by atomic mass is 9.71. The summed E-state index contributed by atoms with van der Waals surface area (Å²) in [5, 5.41) is 14.3. The first-order chi connectivity index (χ1) is 15.8. The van der Waals surface area contributed by atoms with Gasteiger partial charge in [-0.3, -0.25) is 14.9 Å². The van der Waals surface area contributed by atoms with E-state index in [4.69, 9.17) is 4.74 Å². The molecule has 0 radical (unpaired) electrons. The highest BCUT2D eigenvalue weighted by Gasteiger charge is 2.41. The molecule has 2 atom stereocenters. The highest BCUT2D eigenvalue weighted by molar-refractivity contribution is 6.04. The van der Waals surface area contributed by atoms with Crippen molar-refractivity contribution < 1.29 is 23.6 Å². The number of allylic oxidation sites excluding steroid dienone is 3. The molecule has 0 amide bonds. The fraction of sp³-hybridized carbons (Fsp3) is 0.280. The number of ketones is 1. The Morgan fingerprint density at radius 2 is 1.76 bits per heavy atom. The van der Waals surface area contributed by atoms with Crippen molar-refractivity contribution in [2.24, 2.45) is 0 Å². The van der Waals surface area contributed by atoms with Crippen LogP contribution in [-0.4, -0.2) is 23.3 Å². The number of hydrogen-bond acceptors (Lipinski definition) is 6. The Morgan fingerprint density at radius 1 is 1.12 bits per heavy atom. The van der Waals surface area contributed by atoms with Crippen LogP contribution in [0.1, 0.15) is 49.7 Å². The number of carbonyl (C=O) groups is 2. The minimum Gasteiger partial charge on any atom is -0.463 e. The SMILES string of the molecule is CCOC(=O)C1=C(C)NC2=C(C(=O)C[C@H](c3ccc(F)cc3)C2)[C@@H]1c1ccc([N+](=O)[O-])cc1.